The van der Waals surface area contributed by atoms with Crippen molar-refractivity contribution >= 4 is 21.9 Å². The number of H-pyrrole nitrogens is 2. The second-order valence-electron chi connectivity index (χ2n) is 11.2. The Balaban J connectivity index is 1.32. The van der Waals surface area contributed by atoms with E-state index in [1.165, 1.54) is 26.2 Å². The van der Waals surface area contributed by atoms with E-state index >= 15 is 0 Å². The van der Waals surface area contributed by atoms with Crippen LogP contribution in [0.3, 0.4) is 0 Å². The van der Waals surface area contributed by atoms with Crippen LogP contribution in [-0.4, -0.2) is 107 Å². The first-order valence-corrected chi connectivity index (χ1v) is 17.6. The van der Waals surface area contributed by atoms with Gasteiger partial charge in [-0.1, -0.05) is 0 Å². The number of nitrogens with one attached hydrogen (secondary N) is 2. The highest BCUT2D eigenvalue weighted by Gasteiger charge is 2.43. The Kier molecular flexibility index (Phi) is 12.6. The molecule has 0 amide bonds. The molecule has 0 aliphatic carbocycles. The molecule has 2 saturated heterocycles. The highest BCUT2D eigenvalue weighted by molar-refractivity contribution is 7.47. The van der Waals surface area contributed by atoms with Gasteiger partial charge in [-0.05, 0) is 13.8 Å². The lowest BCUT2D eigenvalue weighted by molar-refractivity contribution is -0.111. The molecule has 0 spiro atoms. The molecular formula is C25H36N4O18P2. The number of aryl methyl sites for hydroxylation is 2. The number of hydrogen-bond donors (Lipinski definition) is 7. The van der Waals surface area contributed by atoms with E-state index in [9.17, 15) is 58.2 Å². The normalized spacial score (nSPS) is 27.7. The van der Waals surface area contributed by atoms with Crippen LogP contribution in [0.5, 0.6) is 0 Å². The number of phosphoric ester groups is 2. The first-order chi connectivity index (χ1) is 22.9. The van der Waals surface area contributed by atoms with Crippen molar-refractivity contribution in [1.29, 1.82) is 0 Å². The number of carbonyl (C=O) groups excluding carboxylic acids is 1. The predicted molar refractivity (Wildman–Crippen MR) is 160 cm³/mol. The minimum absolute atomic E-state index is 0.152. The summed E-state index contributed by atoms with van der Waals surface area (Å²) in [4.78, 5) is 83.6. The standard InChI is InChI=1S/C25H36N4O18P2/c1-12-7-28(24(36)26-22(12)34)20-5-14(32)19(45-20)11-43-49(40,41)46-16(3-4-30)15(33)10-42-48(38,39)47-17-6-21(44-18(17)9-31)29-8-13(2)23(35)27-25(29)37/h4,7-8,14-21,31-33H,3,5-6,9-11H2,1-2H3,(H,38,39)(H,40,41)(H,26,34,36)(H,27,35,37)/t14-,15?,16?,17-,18+,19+,20+,21+/m0/s1. The summed E-state index contributed by atoms with van der Waals surface area (Å²) < 4.78 is 58.1. The zero-order valence-electron chi connectivity index (χ0n) is 25.9. The first kappa shape index (κ1) is 38.8. The quantitative estimate of drug-likeness (QED) is 0.0695. The maximum absolute atomic E-state index is 12.7. The van der Waals surface area contributed by atoms with Crippen LogP contribution in [0, 0.1) is 13.8 Å². The zero-order chi connectivity index (χ0) is 36.3. The summed E-state index contributed by atoms with van der Waals surface area (Å²) in [7, 11) is -10.2. The van der Waals surface area contributed by atoms with Crippen LogP contribution in [0.2, 0.25) is 0 Å². The van der Waals surface area contributed by atoms with Crippen LogP contribution in [-0.2, 0) is 41.5 Å². The predicted octanol–water partition coefficient (Wildman–Crippen LogP) is -2.41. The van der Waals surface area contributed by atoms with Crippen molar-refractivity contribution in [3.63, 3.8) is 0 Å². The van der Waals surface area contributed by atoms with Gasteiger partial charge >= 0.3 is 27.0 Å². The molecule has 22 nitrogen and oxygen atoms in total. The van der Waals surface area contributed by atoms with Crippen LogP contribution in [0.1, 0.15) is 42.8 Å². The lowest BCUT2D eigenvalue weighted by Gasteiger charge is -2.25. The molecule has 2 aromatic heterocycles. The number of aliphatic hydroxyl groups is 3. The number of phosphoric acid groups is 2. The van der Waals surface area contributed by atoms with Crippen LogP contribution < -0.4 is 22.5 Å². The number of aliphatic hydroxyl groups excluding tert-OH is 3. The van der Waals surface area contributed by atoms with E-state index in [4.69, 9.17) is 27.6 Å². The molecule has 4 heterocycles. The second-order valence-corrected chi connectivity index (χ2v) is 14.0. The van der Waals surface area contributed by atoms with Crippen LogP contribution in [0.25, 0.3) is 0 Å². The van der Waals surface area contributed by atoms with Gasteiger partial charge in [0.1, 0.15) is 49.3 Å². The third-order valence-corrected chi connectivity index (χ3v) is 9.61. The van der Waals surface area contributed by atoms with E-state index in [-0.39, 0.29) is 30.3 Å². The van der Waals surface area contributed by atoms with Crippen molar-refractivity contribution in [2.24, 2.45) is 0 Å². The topological polar surface area (TPSA) is 317 Å². The van der Waals surface area contributed by atoms with Gasteiger partial charge in [0.05, 0.1) is 25.9 Å². The minimum atomic E-state index is -5.11. The number of aromatic nitrogens is 4. The first-order valence-electron chi connectivity index (χ1n) is 14.6. The van der Waals surface area contributed by atoms with Crippen molar-refractivity contribution in [3.05, 3.63) is 65.2 Å². The van der Waals surface area contributed by atoms with E-state index < -0.39 is 113 Å². The van der Waals surface area contributed by atoms with E-state index in [1.54, 1.807) is 0 Å². The highest BCUT2D eigenvalue weighted by atomic mass is 31.2. The summed E-state index contributed by atoms with van der Waals surface area (Å²) in [5.74, 6) is 0. The summed E-state index contributed by atoms with van der Waals surface area (Å²) in [6.07, 6.45) is -9.57. The van der Waals surface area contributed by atoms with Gasteiger partial charge < -0.3 is 39.4 Å². The molecular weight excluding hydrogens is 706 g/mol. The lowest BCUT2D eigenvalue weighted by Crippen LogP contribution is -2.34. The fourth-order valence-corrected chi connectivity index (χ4v) is 6.93. The second kappa shape index (κ2) is 15.9. The maximum atomic E-state index is 12.7. The van der Waals surface area contributed by atoms with Gasteiger partial charge in [-0.3, -0.25) is 46.8 Å². The molecule has 0 bridgehead atoms. The SMILES string of the molecule is Cc1cn([C@H]2C[C@H](OP(=O)(O)OCC(O)C(CC=O)OP(=O)(O)OC[C@H]3O[C@@H](n4cc(C)c(=O)[nH]c4=O)C[C@@H]3O)[C@@H](CO)O2)c(=O)[nH]c1=O. The summed E-state index contributed by atoms with van der Waals surface area (Å²) in [6.45, 7) is 0.320. The smallest absolute Gasteiger partial charge is 0.394 e. The molecule has 0 saturated carbocycles. The summed E-state index contributed by atoms with van der Waals surface area (Å²) in [5.41, 5.74) is -2.56. The van der Waals surface area contributed by atoms with Crippen molar-refractivity contribution in [1.82, 2.24) is 19.1 Å². The molecule has 4 unspecified atom stereocenters. The Morgan fingerprint density at radius 3 is 2.04 bits per heavy atom. The number of ether oxygens (including phenoxy) is 2. The van der Waals surface area contributed by atoms with Crippen molar-refractivity contribution < 1.29 is 66.6 Å². The molecule has 4 rings (SSSR count). The molecule has 0 radical (unpaired) electrons. The van der Waals surface area contributed by atoms with Crippen molar-refractivity contribution in [2.75, 3.05) is 19.8 Å². The van der Waals surface area contributed by atoms with Crippen molar-refractivity contribution in [3.8, 4) is 0 Å². The van der Waals surface area contributed by atoms with Gasteiger partial charge in [0.25, 0.3) is 11.1 Å². The van der Waals surface area contributed by atoms with E-state index in [0.717, 1.165) is 9.13 Å². The van der Waals surface area contributed by atoms with Gasteiger partial charge in [0.2, 0.25) is 0 Å². The van der Waals surface area contributed by atoms with Crippen LogP contribution >= 0.6 is 15.6 Å². The molecule has 24 heteroatoms. The van der Waals surface area contributed by atoms with E-state index in [0.29, 0.717) is 0 Å². The fraction of sp³-hybridized carbons (Fsp3) is 0.640. The molecule has 49 heavy (non-hydrogen) atoms. The molecule has 7 N–H and O–H groups in total. The molecule has 2 aliphatic heterocycles. The fourth-order valence-electron chi connectivity index (χ4n) is 5.00. The largest absolute Gasteiger partial charge is 0.472 e. The monoisotopic (exact) mass is 742 g/mol. The number of aldehydes is 1. The summed E-state index contributed by atoms with van der Waals surface area (Å²) in [5, 5.41) is 30.5. The average Bonchev–Trinajstić information content (AvgIpc) is 3.60. The molecule has 10 atom stereocenters. The third-order valence-electron chi connectivity index (χ3n) is 7.58. The number of nitrogens with zero attached hydrogens (tertiary/aromatic N) is 2. The Morgan fingerprint density at radius 1 is 0.939 bits per heavy atom. The Bertz CT molecular complexity index is 1820. The van der Waals surface area contributed by atoms with Crippen molar-refractivity contribution in [2.45, 2.75) is 82.2 Å². The summed E-state index contributed by atoms with van der Waals surface area (Å²) >= 11 is 0. The van der Waals surface area contributed by atoms with Gasteiger partial charge in [-0.15, -0.1) is 0 Å². The van der Waals surface area contributed by atoms with E-state index in [1.807, 2.05) is 0 Å². The maximum Gasteiger partial charge on any atom is 0.472 e. The van der Waals surface area contributed by atoms with Gasteiger partial charge in [-0.25, -0.2) is 18.7 Å². The van der Waals surface area contributed by atoms with Crippen LogP contribution in [0.4, 0.5) is 0 Å². The Hall–Kier alpha value is -2.95. The van der Waals surface area contributed by atoms with E-state index in [2.05, 4.69) is 9.97 Å². The van der Waals surface area contributed by atoms with Gasteiger partial charge in [0.15, 0.2) is 0 Å². The molecule has 274 valence electrons. The number of rotatable bonds is 16. The third kappa shape index (κ3) is 9.85. The molecule has 2 aliphatic rings. The number of hydrogen-bond acceptors (Lipinski definition) is 16. The minimum Gasteiger partial charge on any atom is -0.394 e. The summed E-state index contributed by atoms with van der Waals surface area (Å²) in [6, 6.07) is 0. The highest BCUT2D eigenvalue weighted by Crippen LogP contribution is 2.49. The Labute approximate surface area is 275 Å². The molecule has 0 aromatic carbocycles. The zero-order valence-corrected chi connectivity index (χ0v) is 27.7. The lowest BCUT2D eigenvalue weighted by atomic mass is 10.2. The average molecular weight is 743 g/mol. The number of carbonyl (C=O) groups is 1. The molecule has 2 aromatic rings. The van der Waals surface area contributed by atoms with Crippen LogP contribution in [0.15, 0.2) is 31.6 Å². The van der Waals surface area contributed by atoms with Gasteiger partial charge in [-0.2, -0.15) is 0 Å². The Morgan fingerprint density at radius 2 is 1.49 bits per heavy atom. The molecule has 2 fully saturated rings. The van der Waals surface area contributed by atoms with Gasteiger partial charge in [0, 0.05) is 42.8 Å². The number of aromatic amines is 2.